The number of imidazole rings is 1. The summed E-state index contributed by atoms with van der Waals surface area (Å²) < 4.78 is 76.6. The maximum absolute atomic E-state index is 12.8. The van der Waals surface area contributed by atoms with Gasteiger partial charge in [-0.15, -0.1) is 0 Å². The third-order valence-electron chi connectivity index (χ3n) is 3.89. The van der Waals surface area contributed by atoms with Crippen molar-refractivity contribution in [2.75, 3.05) is 6.54 Å². The maximum atomic E-state index is 12.8. The first kappa shape index (κ1) is 17.5. The summed E-state index contributed by atoms with van der Waals surface area (Å²) in [4.78, 5) is 17.0. The average molecular weight is 366 g/mol. The maximum Gasteiger partial charge on any atom is 0.435 e. The number of rotatable bonds is 3. The Bertz CT molecular complexity index is 797. The van der Waals surface area contributed by atoms with Crippen LogP contribution in [0.2, 0.25) is 0 Å². The Morgan fingerprint density at radius 3 is 2.52 bits per heavy atom. The highest BCUT2D eigenvalue weighted by Gasteiger charge is 2.39. The lowest BCUT2D eigenvalue weighted by molar-refractivity contribution is -0.144. The van der Waals surface area contributed by atoms with Crippen molar-refractivity contribution in [3.63, 3.8) is 0 Å². The molecule has 0 saturated carbocycles. The summed E-state index contributed by atoms with van der Waals surface area (Å²) in [6, 6.07) is 1.92. The quantitative estimate of drug-likeness (QED) is 0.785. The van der Waals surface area contributed by atoms with Crippen LogP contribution in [-0.4, -0.2) is 38.1 Å². The lowest BCUT2D eigenvalue weighted by Crippen LogP contribution is -2.26. The van der Waals surface area contributed by atoms with Gasteiger partial charge < -0.3 is 4.90 Å². The van der Waals surface area contributed by atoms with Crippen molar-refractivity contribution in [2.45, 2.75) is 31.7 Å². The van der Waals surface area contributed by atoms with E-state index in [0.29, 0.717) is 0 Å². The molecule has 0 aliphatic carbocycles. The van der Waals surface area contributed by atoms with Crippen LogP contribution in [0, 0.1) is 5.92 Å². The van der Waals surface area contributed by atoms with E-state index in [1.165, 1.54) is 11.1 Å². The van der Waals surface area contributed by atoms with Crippen LogP contribution in [0.1, 0.15) is 24.2 Å². The Kier molecular flexibility index (Phi) is 4.12. The van der Waals surface area contributed by atoms with Crippen molar-refractivity contribution in [2.24, 2.45) is 5.92 Å². The van der Waals surface area contributed by atoms with E-state index in [0.717, 1.165) is 16.6 Å². The summed E-state index contributed by atoms with van der Waals surface area (Å²) in [6.07, 6.45) is -9.06. The Morgan fingerprint density at radius 1 is 1.16 bits per heavy atom. The standard InChI is InChI=1S/C14H12F6N4O/c15-13(16,17)4-8-3-12(25)23(6-8)7-9-5-21-11-2-1-10(14(18,19)20)22-24(9)11/h1-2,5,8H,3-4,6-7H2. The van der Waals surface area contributed by atoms with Gasteiger partial charge in [-0.1, -0.05) is 0 Å². The zero-order valence-electron chi connectivity index (χ0n) is 12.6. The molecule has 0 bridgehead atoms. The van der Waals surface area contributed by atoms with Crippen molar-refractivity contribution in [1.82, 2.24) is 19.5 Å². The highest BCUT2D eigenvalue weighted by atomic mass is 19.4. The van der Waals surface area contributed by atoms with E-state index in [9.17, 15) is 31.1 Å². The molecule has 0 spiro atoms. The van der Waals surface area contributed by atoms with Crippen molar-refractivity contribution in [1.29, 1.82) is 0 Å². The highest BCUT2D eigenvalue weighted by molar-refractivity contribution is 5.78. The zero-order valence-corrected chi connectivity index (χ0v) is 12.6. The number of hydrogen-bond donors (Lipinski definition) is 0. The van der Waals surface area contributed by atoms with Gasteiger partial charge in [-0.25, -0.2) is 9.50 Å². The third-order valence-corrected chi connectivity index (χ3v) is 3.89. The molecule has 25 heavy (non-hydrogen) atoms. The molecule has 3 rings (SSSR count). The monoisotopic (exact) mass is 366 g/mol. The smallest absolute Gasteiger partial charge is 0.336 e. The fraction of sp³-hybridized carbons (Fsp3) is 0.500. The van der Waals surface area contributed by atoms with Gasteiger partial charge in [-0.2, -0.15) is 31.4 Å². The highest BCUT2D eigenvalue weighted by Crippen LogP contribution is 2.32. The second kappa shape index (κ2) is 5.88. The molecule has 1 aliphatic heterocycles. The van der Waals surface area contributed by atoms with Crippen LogP contribution < -0.4 is 0 Å². The van der Waals surface area contributed by atoms with Gasteiger partial charge in [0.15, 0.2) is 11.3 Å². The largest absolute Gasteiger partial charge is 0.435 e. The second-order valence-corrected chi connectivity index (χ2v) is 5.90. The van der Waals surface area contributed by atoms with Crippen LogP contribution in [0.4, 0.5) is 26.3 Å². The van der Waals surface area contributed by atoms with Crippen molar-refractivity contribution in [3.8, 4) is 0 Å². The number of carbonyl (C=O) groups excluding carboxylic acids is 1. The summed E-state index contributed by atoms with van der Waals surface area (Å²) in [6.45, 7) is -0.257. The summed E-state index contributed by atoms with van der Waals surface area (Å²) in [5, 5.41) is 3.46. The zero-order chi connectivity index (χ0) is 18.4. The number of halogens is 6. The number of alkyl halides is 6. The molecular weight excluding hydrogens is 354 g/mol. The number of hydrogen-bond acceptors (Lipinski definition) is 3. The summed E-state index contributed by atoms with van der Waals surface area (Å²) in [7, 11) is 0. The topological polar surface area (TPSA) is 50.5 Å². The molecule has 3 heterocycles. The van der Waals surface area contributed by atoms with E-state index in [4.69, 9.17) is 0 Å². The first-order valence-corrected chi connectivity index (χ1v) is 7.28. The van der Waals surface area contributed by atoms with E-state index in [1.54, 1.807) is 0 Å². The first-order chi connectivity index (χ1) is 11.5. The molecule has 5 nitrogen and oxygen atoms in total. The van der Waals surface area contributed by atoms with Crippen LogP contribution in [-0.2, 0) is 17.5 Å². The molecule has 0 N–H and O–H groups in total. The molecule has 2 aromatic heterocycles. The van der Waals surface area contributed by atoms with Gasteiger partial charge in [0.05, 0.1) is 18.4 Å². The number of likely N-dealkylation sites (tertiary alicyclic amines) is 1. The fourth-order valence-corrected chi connectivity index (χ4v) is 2.85. The first-order valence-electron chi connectivity index (χ1n) is 7.28. The minimum absolute atomic E-state index is 0.107. The Morgan fingerprint density at radius 2 is 1.88 bits per heavy atom. The molecule has 1 unspecified atom stereocenters. The van der Waals surface area contributed by atoms with Crippen LogP contribution in [0.5, 0.6) is 0 Å². The molecule has 0 radical (unpaired) electrons. The van der Waals surface area contributed by atoms with Gasteiger partial charge >= 0.3 is 12.4 Å². The van der Waals surface area contributed by atoms with E-state index >= 15 is 0 Å². The lowest BCUT2D eigenvalue weighted by Gasteiger charge is -2.17. The molecule has 136 valence electrons. The Labute approximate surface area is 137 Å². The minimum Gasteiger partial charge on any atom is -0.336 e. The van der Waals surface area contributed by atoms with E-state index in [2.05, 4.69) is 10.1 Å². The number of nitrogens with zero attached hydrogens (tertiary/aromatic N) is 4. The van der Waals surface area contributed by atoms with Crippen molar-refractivity contribution in [3.05, 3.63) is 29.7 Å². The average Bonchev–Trinajstić information content (AvgIpc) is 3.00. The van der Waals surface area contributed by atoms with Crippen LogP contribution in [0.15, 0.2) is 18.3 Å². The van der Waals surface area contributed by atoms with Gasteiger partial charge in [-0.05, 0) is 18.1 Å². The lowest BCUT2D eigenvalue weighted by atomic mass is 10.1. The van der Waals surface area contributed by atoms with Crippen LogP contribution in [0.25, 0.3) is 5.65 Å². The molecule has 11 heteroatoms. The number of carbonyl (C=O) groups is 1. The molecule has 1 fully saturated rings. The minimum atomic E-state index is -4.64. The van der Waals surface area contributed by atoms with Gasteiger partial charge in [0.1, 0.15) is 0 Å². The van der Waals surface area contributed by atoms with Crippen molar-refractivity contribution >= 4 is 11.6 Å². The molecule has 1 aliphatic rings. The number of amides is 1. The van der Waals surface area contributed by atoms with Crippen LogP contribution in [0.3, 0.4) is 0 Å². The molecule has 1 atom stereocenters. The molecule has 0 aromatic carbocycles. The Balaban J connectivity index is 1.80. The SMILES string of the molecule is O=C1CC(CC(F)(F)F)CN1Cc1cnc2ccc(C(F)(F)F)nn12. The third kappa shape index (κ3) is 3.85. The summed E-state index contributed by atoms with van der Waals surface area (Å²) >= 11 is 0. The van der Waals surface area contributed by atoms with E-state index in [-0.39, 0.29) is 30.9 Å². The molecule has 1 amide bonds. The second-order valence-electron chi connectivity index (χ2n) is 5.90. The molecular formula is C14H12F6N4O. The van der Waals surface area contributed by atoms with Gasteiger partial charge in [0.2, 0.25) is 5.91 Å². The van der Waals surface area contributed by atoms with Gasteiger partial charge in [-0.3, -0.25) is 4.79 Å². The predicted octanol–water partition coefficient (Wildman–Crippen LogP) is 3.05. The van der Waals surface area contributed by atoms with Gasteiger partial charge in [0.25, 0.3) is 0 Å². The van der Waals surface area contributed by atoms with Crippen molar-refractivity contribution < 1.29 is 31.1 Å². The molecule has 1 saturated heterocycles. The number of aromatic nitrogens is 3. The predicted molar refractivity (Wildman–Crippen MR) is 72.2 cm³/mol. The fourth-order valence-electron chi connectivity index (χ4n) is 2.85. The van der Waals surface area contributed by atoms with Gasteiger partial charge in [0, 0.05) is 19.4 Å². The number of fused-ring (bicyclic) bond motifs is 1. The van der Waals surface area contributed by atoms with E-state index < -0.39 is 36.3 Å². The molecule has 2 aromatic rings. The summed E-state index contributed by atoms with van der Waals surface area (Å²) in [5.41, 5.74) is -0.773. The Hall–Kier alpha value is -2.33. The van der Waals surface area contributed by atoms with E-state index in [1.807, 2.05) is 0 Å². The van der Waals surface area contributed by atoms with Crippen LogP contribution >= 0.6 is 0 Å². The normalized spacial score (nSPS) is 19.2. The summed E-state index contributed by atoms with van der Waals surface area (Å²) in [5.74, 6) is -1.33.